The van der Waals surface area contributed by atoms with Gasteiger partial charge in [-0.1, -0.05) is 19.9 Å². The van der Waals surface area contributed by atoms with Crippen molar-refractivity contribution >= 4 is 23.2 Å². The van der Waals surface area contributed by atoms with Crippen molar-refractivity contribution in [2.75, 3.05) is 10.6 Å². The molecule has 1 aromatic carbocycles. The standard InChI is InChI=1S/C22H28N2O2/c1-20-7-14-8-21(2,11-20)13-22(9-14,12-20)10-19(26)23-16-4-3-15-5-18(25)24-17(15)6-16/h3-4,6,14H,5,7-13H2,1-2H3,(H,23,26)(H,24,25). The maximum atomic E-state index is 12.9. The SMILES string of the molecule is CC12CC3CC(C)(C1)CC(CC(=O)Nc1ccc4c(c1)NC(=O)C4)(C3)C2. The first kappa shape index (κ1) is 16.3. The normalized spacial score (nSPS) is 39.6. The van der Waals surface area contributed by atoms with Gasteiger partial charge in [-0.3, -0.25) is 9.59 Å². The third-order valence-corrected chi connectivity index (χ3v) is 7.30. The fourth-order valence-corrected chi connectivity index (χ4v) is 7.72. The lowest BCUT2D eigenvalue weighted by Gasteiger charge is -2.65. The van der Waals surface area contributed by atoms with Crippen LogP contribution in [-0.4, -0.2) is 11.8 Å². The van der Waals surface area contributed by atoms with Crippen molar-refractivity contribution in [3.05, 3.63) is 23.8 Å². The number of carbonyl (C=O) groups is 2. The molecule has 0 saturated heterocycles. The topological polar surface area (TPSA) is 58.2 Å². The molecule has 1 heterocycles. The largest absolute Gasteiger partial charge is 0.326 e. The van der Waals surface area contributed by atoms with Crippen LogP contribution in [0.5, 0.6) is 0 Å². The van der Waals surface area contributed by atoms with Crippen LogP contribution in [0, 0.1) is 22.2 Å². The number of carbonyl (C=O) groups excluding carboxylic acids is 2. The van der Waals surface area contributed by atoms with Gasteiger partial charge in [0.05, 0.1) is 6.42 Å². The van der Waals surface area contributed by atoms with Gasteiger partial charge >= 0.3 is 0 Å². The minimum atomic E-state index is 0.0264. The second-order valence-corrected chi connectivity index (χ2v) is 10.5. The number of amides is 2. The number of benzene rings is 1. The van der Waals surface area contributed by atoms with E-state index < -0.39 is 0 Å². The molecule has 138 valence electrons. The van der Waals surface area contributed by atoms with E-state index in [9.17, 15) is 9.59 Å². The van der Waals surface area contributed by atoms with Crippen LogP contribution >= 0.6 is 0 Å². The molecule has 26 heavy (non-hydrogen) atoms. The van der Waals surface area contributed by atoms with E-state index in [1.54, 1.807) is 0 Å². The van der Waals surface area contributed by atoms with Crippen molar-refractivity contribution < 1.29 is 9.59 Å². The van der Waals surface area contributed by atoms with Crippen molar-refractivity contribution in [2.45, 2.75) is 65.2 Å². The molecule has 2 N–H and O–H groups in total. The first-order valence-corrected chi connectivity index (χ1v) is 9.97. The fourth-order valence-electron chi connectivity index (χ4n) is 7.72. The van der Waals surface area contributed by atoms with Crippen molar-refractivity contribution in [2.24, 2.45) is 22.2 Å². The molecule has 0 radical (unpaired) electrons. The molecule has 6 rings (SSSR count). The molecule has 4 saturated carbocycles. The van der Waals surface area contributed by atoms with Gasteiger partial charge in [0.15, 0.2) is 0 Å². The Labute approximate surface area is 155 Å². The first-order chi connectivity index (χ1) is 12.2. The highest BCUT2D eigenvalue weighted by Gasteiger charge is 2.60. The third-order valence-electron chi connectivity index (χ3n) is 7.30. The highest BCUT2D eigenvalue weighted by atomic mass is 16.2. The van der Waals surface area contributed by atoms with Gasteiger partial charge in [0.2, 0.25) is 11.8 Å². The number of hydrogen-bond donors (Lipinski definition) is 2. The van der Waals surface area contributed by atoms with Gasteiger partial charge in [-0.05, 0) is 78.4 Å². The van der Waals surface area contributed by atoms with Crippen molar-refractivity contribution in [1.29, 1.82) is 0 Å². The zero-order valence-electron chi connectivity index (χ0n) is 15.8. The molecule has 0 aromatic heterocycles. The summed E-state index contributed by atoms with van der Waals surface area (Å²) < 4.78 is 0. The van der Waals surface area contributed by atoms with Gasteiger partial charge in [0.25, 0.3) is 0 Å². The van der Waals surface area contributed by atoms with Crippen LogP contribution in [0.25, 0.3) is 0 Å². The zero-order chi connectivity index (χ0) is 18.2. The number of rotatable bonds is 3. The van der Waals surface area contributed by atoms with E-state index in [1.807, 2.05) is 18.2 Å². The van der Waals surface area contributed by atoms with Crippen molar-refractivity contribution in [3.8, 4) is 0 Å². The molecule has 4 bridgehead atoms. The lowest BCUT2D eigenvalue weighted by atomic mass is 9.40. The second-order valence-electron chi connectivity index (χ2n) is 10.5. The molecule has 1 aromatic rings. The lowest BCUT2D eigenvalue weighted by molar-refractivity contribution is -0.153. The van der Waals surface area contributed by atoms with E-state index >= 15 is 0 Å². The molecule has 4 nitrogen and oxygen atoms in total. The summed E-state index contributed by atoms with van der Waals surface area (Å²) in [7, 11) is 0. The summed E-state index contributed by atoms with van der Waals surface area (Å²) in [5.41, 5.74) is 3.70. The van der Waals surface area contributed by atoms with Crippen LogP contribution in [0.2, 0.25) is 0 Å². The quantitative estimate of drug-likeness (QED) is 0.841. The first-order valence-electron chi connectivity index (χ1n) is 9.97. The van der Waals surface area contributed by atoms with Crippen LogP contribution < -0.4 is 10.6 Å². The van der Waals surface area contributed by atoms with E-state index in [4.69, 9.17) is 0 Å². The number of hydrogen-bond acceptors (Lipinski definition) is 2. The van der Waals surface area contributed by atoms with Gasteiger partial charge in [-0.25, -0.2) is 0 Å². The molecule has 4 aliphatic carbocycles. The Balaban J connectivity index is 1.32. The molecule has 5 aliphatic rings. The molecule has 0 spiro atoms. The summed E-state index contributed by atoms with van der Waals surface area (Å²) in [5.74, 6) is 0.964. The Morgan fingerprint density at radius 3 is 2.58 bits per heavy atom. The summed E-state index contributed by atoms with van der Waals surface area (Å²) in [6, 6.07) is 5.75. The zero-order valence-corrected chi connectivity index (χ0v) is 15.8. The van der Waals surface area contributed by atoms with E-state index in [-0.39, 0.29) is 17.2 Å². The number of fused-ring (bicyclic) bond motifs is 1. The van der Waals surface area contributed by atoms with E-state index in [1.165, 1.54) is 38.5 Å². The predicted molar refractivity (Wildman–Crippen MR) is 102 cm³/mol. The molecular formula is C22H28N2O2. The molecule has 2 unspecified atom stereocenters. The van der Waals surface area contributed by atoms with Crippen molar-refractivity contribution in [1.82, 2.24) is 0 Å². The highest BCUT2D eigenvalue weighted by molar-refractivity contribution is 6.00. The Hall–Kier alpha value is -1.84. The van der Waals surface area contributed by atoms with Crippen molar-refractivity contribution in [3.63, 3.8) is 0 Å². The molecule has 2 atom stereocenters. The van der Waals surface area contributed by atoms with E-state index in [2.05, 4.69) is 24.5 Å². The summed E-state index contributed by atoms with van der Waals surface area (Å²) >= 11 is 0. The van der Waals surface area contributed by atoms with Gasteiger partial charge in [-0.2, -0.15) is 0 Å². The number of nitrogens with one attached hydrogen (secondary N) is 2. The van der Waals surface area contributed by atoms with Gasteiger partial charge in [0, 0.05) is 17.8 Å². The number of anilines is 2. The van der Waals surface area contributed by atoms with Crippen LogP contribution in [0.1, 0.15) is 64.4 Å². The maximum absolute atomic E-state index is 12.9. The molecule has 4 heteroatoms. The maximum Gasteiger partial charge on any atom is 0.228 e. The average Bonchev–Trinajstić information content (AvgIpc) is 2.81. The molecule has 1 aliphatic heterocycles. The molecule has 4 fully saturated rings. The van der Waals surface area contributed by atoms with Crippen LogP contribution in [0.15, 0.2) is 18.2 Å². The Bertz CT molecular complexity index is 796. The van der Waals surface area contributed by atoms with Gasteiger partial charge in [0.1, 0.15) is 0 Å². The second kappa shape index (κ2) is 5.11. The summed E-state index contributed by atoms with van der Waals surface area (Å²) in [6.07, 6.45) is 8.77. The van der Waals surface area contributed by atoms with Crippen LogP contribution in [0.3, 0.4) is 0 Å². The van der Waals surface area contributed by atoms with Crippen LogP contribution in [0.4, 0.5) is 11.4 Å². The minimum absolute atomic E-state index is 0.0264. The fraction of sp³-hybridized carbons (Fsp3) is 0.636. The van der Waals surface area contributed by atoms with Gasteiger partial charge in [-0.15, -0.1) is 0 Å². The summed E-state index contributed by atoms with van der Waals surface area (Å²) in [4.78, 5) is 24.4. The average molecular weight is 352 g/mol. The molecule has 2 amide bonds. The van der Waals surface area contributed by atoms with E-state index in [0.717, 1.165) is 22.9 Å². The summed E-state index contributed by atoms with van der Waals surface area (Å²) in [6.45, 7) is 4.90. The van der Waals surface area contributed by atoms with E-state index in [0.29, 0.717) is 23.7 Å². The summed E-state index contributed by atoms with van der Waals surface area (Å²) in [5, 5.41) is 5.95. The predicted octanol–water partition coefficient (Wildman–Crippen LogP) is 4.51. The smallest absolute Gasteiger partial charge is 0.228 e. The monoisotopic (exact) mass is 352 g/mol. The Kier molecular flexibility index (Phi) is 3.21. The van der Waals surface area contributed by atoms with Gasteiger partial charge < -0.3 is 10.6 Å². The Morgan fingerprint density at radius 2 is 1.88 bits per heavy atom. The minimum Gasteiger partial charge on any atom is -0.326 e. The van der Waals surface area contributed by atoms with Crippen LogP contribution in [-0.2, 0) is 16.0 Å². The molecular weight excluding hydrogens is 324 g/mol. The Morgan fingerprint density at radius 1 is 1.15 bits per heavy atom. The third kappa shape index (κ3) is 2.65. The highest BCUT2D eigenvalue weighted by Crippen LogP contribution is 2.70. The lowest BCUT2D eigenvalue weighted by Crippen LogP contribution is -2.55.